The van der Waals surface area contributed by atoms with E-state index in [4.69, 9.17) is 23.2 Å². The van der Waals surface area contributed by atoms with Crippen LogP contribution < -0.4 is 0 Å². The fourth-order valence-electron chi connectivity index (χ4n) is 0.808. The van der Waals surface area contributed by atoms with Gasteiger partial charge in [0, 0.05) is 10.8 Å². The number of hydrogen-bond acceptors (Lipinski definition) is 1. The van der Waals surface area contributed by atoms with Crippen molar-refractivity contribution in [2.24, 2.45) is 0 Å². The summed E-state index contributed by atoms with van der Waals surface area (Å²) in [6.07, 6.45) is 7.47. The zero-order valence-corrected chi connectivity index (χ0v) is 8.20. The Hall–Kier alpha value is 0.150. The van der Waals surface area contributed by atoms with Gasteiger partial charge in [-0.15, -0.1) is 11.6 Å². The molecule has 0 heterocycles. The Balaban J connectivity index is 2.83. The third-order valence-corrected chi connectivity index (χ3v) is 2.20. The van der Waals surface area contributed by atoms with Gasteiger partial charge in [-0.25, -0.2) is 0 Å². The van der Waals surface area contributed by atoms with Gasteiger partial charge < -0.3 is 0 Å². The quantitative estimate of drug-likeness (QED) is 0.495. The molecule has 11 heavy (non-hydrogen) atoms. The molecule has 3 heteroatoms. The Kier molecular flexibility index (Phi) is 3.57. The van der Waals surface area contributed by atoms with E-state index in [9.17, 15) is 0 Å². The van der Waals surface area contributed by atoms with Crippen LogP contribution in [0.4, 0.5) is 0 Å². The monoisotopic (exact) mass is 206 g/mol. The summed E-state index contributed by atoms with van der Waals surface area (Å²) in [5.74, 6) is 0.692. The van der Waals surface area contributed by atoms with Crippen LogP contribution in [-0.2, 0) is 0 Å². The van der Waals surface area contributed by atoms with Crippen LogP contribution in [0.1, 0.15) is 0 Å². The summed E-state index contributed by atoms with van der Waals surface area (Å²) >= 11 is 15.8. The van der Waals surface area contributed by atoms with E-state index in [2.05, 4.69) is 12.6 Å². The largest absolute Gasteiger partial charge is 0.175 e. The van der Waals surface area contributed by atoms with Gasteiger partial charge in [-0.2, -0.15) is 12.6 Å². The number of thiol groups is 1. The lowest BCUT2D eigenvalue weighted by Crippen LogP contribution is -1.88. The molecule has 0 N–H and O–H groups in total. The maximum absolute atomic E-state index is 5.88. The van der Waals surface area contributed by atoms with E-state index in [0.29, 0.717) is 10.8 Å². The number of halogens is 2. The fraction of sp³-hybridized carbons (Fsp3) is 0.250. The summed E-state index contributed by atoms with van der Waals surface area (Å²) in [7, 11) is 0. The van der Waals surface area contributed by atoms with E-state index < -0.39 is 0 Å². The van der Waals surface area contributed by atoms with Crippen LogP contribution in [0, 0.1) is 0 Å². The Morgan fingerprint density at radius 3 is 2.73 bits per heavy atom. The highest BCUT2D eigenvalue weighted by Crippen LogP contribution is 2.17. The Morgan fingerprint density at radius 2 is 2.09 bits per heavy atom. The second kappa shape index (κ2) is 4.24. The number of allylic oxidation sites excluding steroid dienone is 5. The highest BCUT2D eigenvalue weighted by molar-refractivity contribution is 7.80. The Morgan fingerprint density at radius 1 is 1.36 bits per heavy atom. The van der Waals surface area contributed by atoms with Crippen LogP contribution in [-0.4, -0.2) is 11.1 Å². The molecule has 1 aliphatic rings. The van der Waals surface area contributed by atoms with Crippen molar-refractivity contribution >= 4 is 35.8 Å². The van der Waals surface area contributed by atoms with Gasteiger partial charge in [0.05, 0.1) is 5.38 Å². The average molecular weight is 207 g/mol. The molecule has 0 aromatic carbocycles. The highest BCUT2D eigenvalue weighted by Gasteiger charge is 2.02. The molecule has 60 valence electrons. The first-order valence-electron chi connectivity index (χ1n) is 3.23. The molecule has 0 saturated heterocycles. The molecule has 1 aliphatic carbocycles. The van der Waals surface area contributed by atoms with Crippen molar-refractivity contribution in [1.82, 2.24) is 0 Å². The summed E-state index contributed by atoms with van der Waals surface area (Å²) in [4.78, 5) is 0. The zero-order valence-electron chi connectivity index (χ0n) is 5.80. The van der Waals surface area contributed by atoms with Crippen LogP contribution in [0.5, 0.6) is 0 Å². The standard InChI is InChI=1S/C8H8Cl2S/c9-7-2-1-6(5-11)3-8(10)4-7/h1-4,8,11H,5H2. The predicted octanol–water partition coefficient (Wildman–Crippen LogP) is 3.14. The van der Waals surface area contributed by atoms with Crippen molar-refractivity contribution in [1.29, 1.82) is 0 Å². The van der Waals surface area contributed by atoms with Crippen molar-refractivity contribution < 1.29 is 0 Å². The molecule has 0 saturated carbocycles. The number of alkyl halides is 1. The third kappa shape index (κ3) is 2.94. The van der Waals surface area contributed by atoms with Gasteiger partial charge in [0.1, 0.15) is 0 Å². The molecule has 0 radical (unpaired) electrons. The van der Waals surface area contributed by atoms with Crippen LogP contribution in [0.2, 0.25) is 0 Å². The van der Waals surface area contributed by atoms with E-state index in [-0.39, 0.29) is 5.38 Å². The molecule has 0 fully saturated rings. The minimum Gasteiger partial charge on any atom is -0.175 e. The molecule has 0 amide bonds. The molecule has 1 unspecified atom stereocenters. The Labute approximate surface area is 82.0 Å². The zero-order chi connectivity index (χ0) is 8.27. The van der Waals surface area contributed by atoms with Crippen molar-refractivity contribution in [3.63, 3.8) is 0 Å². The predicted molar refractivity (Wildman–Crippen MR) is 54.7 cm³/mol. The molecule has 0 spiro atoms. The second-order valence-corrected chi connectivity index (χ2v) is 3.49. The molecular weight excluding hydrogens is 199 g/mol. The maximum Gasteiger partial charge on any atom is 0.0720 e. The van der Waals surface area contributed by atoms with Crippen molar-refractivity contribution in [3.05, 3.63) is 34.9 Å². The lowest BCUT2D eigenvalue weighted by Gasteiger charge is -1.96. The fourth-order valence-corrected chi connectivity index (χ4v) is 1.58. The molecule has 0 aromatic rings. The summed E-state index contributed by atoms with van der Waals surface area (Å²) in [6, 6.07) is 0. The molecular formula is C8H8Cl2S. The van der Waals surface area contributed by atoms with Crippen LogP contribution >= 0.6 is 35.8 Å². The van der Waals surface area contributed by atoms with Gasteiger partial charge in [-0.3, -0.25) is 0 Å². The minimum absolute atomic E-state index is 0.111. The maximum atomic E-state index is 5.88. The molecule has 1 rings (SSSR count). The lowest BCUT2D eigenvalue weighted by atomic mass is 10.2. The minimum atomic E-state index is -0.111. The van der Waals surface area contributed by atoms with Crippen molar-refractivity contribution in [3.8, 4) is 0 Å². The van der Waals surface area contributed by atoms with E-state index >= 15 is 0 Å². The van der Waals surface area contributed by atoms with Gasteiger partial charge in [0.15, 0.2) is 0 Å². The smallest absolute Gasteiger partial charge is 0.0720 e. The van der Waals surface area contributed by atoms with Gasteiger partial charge in [0.25, 0.3) is 0 Å². The van der Waals surface area contributed by atoms with Crippen molar-refractivity contribution in [2.45, 2.75) is 5.38 Å². The SMILES string of the molecule is SCC1=CC(Cl)C=C(Cl)C=C1. The summed E-state index contributed by atoms with van der Waals surface area (Å²) in [5.41, 5.74) is 1.10. The van der Waals surface area contributed by atoms with Crippen LogP contribution in [0.15, 0.2) is 34.9 Å². The van der Waals surface area contributed by atoms with Crippen LogP contribution in [0.25, 0.3) is 0 Å². The highest BCUT2D eigenvalue weighted by atomic mass is 35.5. The average Bonchev–Trinajstić information content (AvgIpc) is 2.11. The molecule has 0 nitrogen and oxygen atoms in total. The van der Waals surface area contributed by atoms with Gasteiger partial charge in [-0.05, 0) is 17.7 Å². The summed E-state index contributed by atoms with van der Waals surface area (Å²) in [6.45, 7) is 0. The van der Waals surface area contributed by atoms with E-state index in [0.717, 1.165) is 5.57 Å². The molecule has 1 atom stereocenters. The van der Waals surface area contributed by atoms with Gasteiger partial charge >= 0.3 is 0 Å². The number of hydrogen-bond donors (Lipinski definition) is 1. The topological polar surface area (TPSA) is 0 Å². The first-order chi connectivity index (χ1) is 5.22. The van der Waals surface area contributed by atoms with E-state index in [1.54, 1.807) is 6.08 Å². The number of rotatable bonds is 1. The van der Waals surface area contributed by atoms with Gasteiger partial charge in [-0.1, -0.05) is 23.8 Å². The first kappa shape index (κ1) is 9.24. The first-order valence-corrected chi connectivity index (χ1v) is 4.68. The third-order valence-electron chi connectivity index (χ3n) is 1.33. The Bertz CT molecular complexity index is 228. The van der Waals surface area contributed by atoms with Crippen LogP contribution in [0.3, 0.4) is 0 Å². The van der Waals surface area contributed by atoms with Crippen molar-refractivity contribution in [2.75, 3.05) is 5.75 Å². The van der Waals surface area contributed by atoms with Gasteiger partial charge in [0.2, 0.25) is 0 Å². The molecule has 0 bridgehead atoms. The lowest BCUT2D eigenvalue weighted by molar-refractivity contribution is 1.36. The summed E-state index contributed by atoms with van der Waals surface area (Å²) < 4.78 is 0. The van der Waals surface area contributed by atoms with E-state index in [1.165, 1.54) is 0 Å². The normalized spacial score (nSPS) is 24.1. The molecule has 0 aromatic heterocycles. The second-order valence-electron chi connectivity index (χ2n) is 2.23. The van der Waals surface area contributed by atoms with E-state index in [1.807, 2.05) is 18.2 Å². The summed E-state index contributed by atoms with van der Waals surface area (Å²) in [5, 5.41) is 0.567. The molecule has 0 aliphatic heterocycles.